The maximum atomic E-state index is 12.5. The van der Waals surface area contributed by atoms with Crippen molar-refractivity contribution in [2.24, 2.45) is 0 Å². The molecule has 42 heavy (non-hydrogen) atoms. The molecule has 0 saturated carbocycles. The van der Waals surface area contributed by atoms with Gasteiger partial charge in [-0.15, -0.1) is 0 Å². The number of hydrogen-bond donors (Lipinski definition) is 2. The van der Waals surface area contributed by atoms with Gasteiger partial charge in [0.15, 0.2) is 0 Å². The largest absolute Gasteiger partial charge is 0.379 e. The van der Waals surface area contributed by atoms with Gasteiger partial charge in [0, 0.05) is 51.0 Å². The molecule has 0 spiro atoms. The summed E-state index contributed by atoms with van der Waals surface area (Å²) in [5.74, 6) is -0.142. The summed E-state index contributed by atoms with van der Waals surface area (Å²) in [6.45, 7) is 5.95. The van der Waals surface area contributed by atoms with Crippen LogP contribution in [0.2, 0.25) is 0 Å². The molecule has 1 aromatic rings. The van der Waals surface area contributed by atoms with E-state index in [0.29, 0.717) is 44.7 Å². The van der Waals surface area contributed by atoms with Crippen molar-refractivity contribution in [3.8, 4) is 0 Å². The van der Waals surface area contributed by atoms with Crippen LogP contribution in [0.25, 0.3) is 0 Å². The molecule has 2 amide bonds. The Morgan fingerprint density at radius 1 is 0.833 bits per heavy atom. The number of ether oxygens (including phenoxy) is 1. The summed E-state index contributed by atoms with van der Waals surface area (Å²) in [7, 11) is 0. The molecular weight excluding hydrogens is 524 g/mol. The molecule has 228 valence electrons. The summed E-state index contributed by atoms with van der Waals surface area (Å²) in [5, 5.41) is 6.04. The van der Waals surface area contributed by atoms with Crippen LogP contribution in [0.1, 0.15) is 68.6 Å². The predicted molar refractivity (Wildman–Crippen MR) is 173 cm³/mol. The van der Waals surface area contributed by atoms with Gasteiger partial charge < -0.3 is 15.4 Å². The maximum absolute atomic E-state index is 12.5. The summed E-state index contributed by atoms with van der Waals surface area (Å²) in [5.41, 5.74) is 0.527. The van der Waals surface area contributed by atoms with Crippen LogP contribution in [0.4, 0.5) is 0 Å². The molecule has 0 bridgehead atoms. The highest BCUT2D eigenvalue weighted by Crippen LogP contribution is 2.05. The van der Waals surface area contributed by atoms with Crippen molar-refractivity contribution in [3.05, 3.63) is 103 Å². The van der Waals surface area contributed by atoms with E-state index in [1.807, 2.05) is 0 Å². The van der Waals surface area contributed by atoms with Crippen molar-refractivity contribution in [3.63, 3.8) is 0 Å². The van der Waals surface area contributed by atoms with Gasteiger partial charge in [0.25, 0.3) is 5.91 Å². The second-order valence-electron chi connectivity index (χ2n) is 10.0. The molecule has 1 atom stereocenters. The first-order valence-corrected chi connectivity index (χ1v) is 15.4. The molecule has 0 aliphatic carbocycles. The lowest BCUT2D eigenvalue weighted by Crippen LogP contribution is -2.53. The summed E-state index contributed by atoms with van der Waals surface area (Å²) >= 11 is 0. The Morgan fingerprint density at radius 2 is 1.38 bits per heavy atom. The van der Waals surface area contributed by atoms with Gasteiger partial charge in [0.05, 0.1) is 18.8 Å². The summed E-state index contributed by atoms with van der Waals surface area (Å²) < 4.78 is 5.47. The van der Waals surface area contributed by atoms with Crippen molar-refractivity contribution in [1.82, 2.24) is 20.5 Å². The number of carbonyl (C=O) groups excluding carboxylic acids is 2. The summed E-state index contributed by atoms with van der Waals surface area (Å²) in [4.78, 5) is 31.2. The summed E-state index contributed by atoms with van der Waals surface area (Å²) in [6, 6.07) is 3.49. The van der Waals surface area contributed by atoms with Crippen LogP contribution in [0.3, 0.4) is 0 Å². The second kappa shape index (κ2) is 24.1. The number of aromatic nitrogens is 1. The number of pyridine rings is 1. The quantitative estimate of drug-likeness (QED) is 0.184. The number of nitrogens with zero attached hydrogens (tertiary/aromatic N) is 2. The number of nitrogens with one attached hydrogen (secondary N) is 2. The molecule has 7 heteroatoms. The standard InChI is InChI=1S/C35H50N4O3/c1-2-3-4-5-6-7-8-9-10-11-12-13-14-15-16-17-18-19-20-23-34(40)37-30-33(39-25-27-42-28-26-39)31-38-35(41)32-22-21-24-36-29-32/h3-4,6-7,9-10,12-13,15-16,18-19,21-22,24,29,33H,2,5,8,11,14,17,20,23,25-28,30-31H2,1H3,(H,37,40)(H,38,41)/b4-3-,7-6-,10-9-,13-12-,16-15-,19-18-. The van der Waals surface area contributed by atoms with Gasteiger partial charge in [-0.05, 0) is 57.1 Å². The predicted octanol–water partition coefficient (Wildman–Crippen LogP) is 6.11. The SMILES string of the molecule is CC/C=C\C/C=C\C/C=C\C/C=C\C/C=C\C/C=C\CCC(=O)NCC(CNC(=O)c1cccnc1)N1CCOCC1. The van der Waals surface area contributed by atoms with Crippen LogP contribution in [0, 0.1) is 0 Å². The fraction of sp³-hybridized carbons (Fsp3) is 0.457. The molecule has 1 aliphatic heterocycles. The molecule has 2 rings (SSSR count). The van der Waals surface area contributed by atoms with Crippen LogP contribution in [-0.4, -0.2) is 67.1 Å². The molecule has 2 heterocycles. The number of hydrogen-bond acceptors (Lipinski definition) is 5. The number of carbonyl (C=O) groups is 2. The Bertz CT molecular complexity index is 1040. The zero-order valence-corrected chi connectivity index (χ0v) is 25.3. The average Bonchev–Trinajstić information content (AvgIpc) is 3.03. The normalized spacial score (nSPS) is 15.6. The topological polar surface area (TPSA) is 83.6 Å². The monoisotopic (exact) mass is 574 g/mol. The molecule has 0 aromatic carbocycles. The van der Waals surface area contributed by atoms with Crippen molar-refractivity contribution < 1.29 is 14.3 Å². The lowest BCUT2D eigenvalue weighted by molar-refractivity contribution is -0.121. The van der Waals surface area contributed by atoms with Gasteiger partial charge in [-0.1, -0.05) is 79.8 Å². The maximum Gasteiger partial charge on any atom is 0.252 e. The zero-order valence-electron chi connectivity index (χ0n) is 25.3. The number of morpholine rings is 1. The highest BCUT2D eigenvalue weighted by atomic mass is 16.5. The van der Waals surface area contributed by atoms with Crippen molar-refractivity contribution in [1.29, 1.82) is 0 Å². The van der Waals surface area contributed by atoms with Crippen LogP contribution >= 0.6 is 0 Å². The zero-order chi connectivity index (χ0) is 29.9. The number of allylic oxidation sites excluding steroid dienone is 12. The highest BCUT2D eigenvalue weighted by molar-refractivity contribution is 5.93. The lowest BCUT2D eigenvalue weighted by atomic mass is 10.2. The van der Waals surface area contributed by atoms with E-state index in [9.17, 15) is 9.59 Å². The van der Waals surface area contributed by atoms with Crippen LogP contribution < -0.4 is 10.6 Å². The van der Waals surface area contributed by atoms with Crippen LogP contribution in [0.15, 0.2) is 97.4 Å². The molecular formula is C35H50N4O3. The number of rotatable bonds is 20. The third-order valence-corrected chi connectivity index (χ3v) is 6.65. The molecule has 1 saturated heterocycles. The molecule has 2 N–H and O–H groups in total. The van der Waals surface area contributed by atoms with Crippen LogP contribution in [-0.2, 0) is 9.53 Å². The van der Waals surface area contributed by atoms with E-state index in [2.05, 4.69) is 100 Å². The molecule has 7 nitrogen and oxygen atoms in total. The second-order valence-corrected chi connectivity index (χ2v) is 10.0. The first-order chi connectivity index (χ1) is 20.7. The Labute approximate surface area is 253 Å². The van der Waals surface area contributed by atoms with E-state index in [0.717, 1.165) is 51.6 Å². The molecule has 1 fully saturated rings. The first-order valence-electron chi connectivity index (χ1n) is 15.4. The fourth-order valence-corrected chi connectivity index (χ4v) is 4.26. The van der Waals surface area contributed by atoms with Gasteiger partial charge in [-0.2, -0.15) is 0 Å². The van der Waals surface area contributed by atoms with Crippen molar-refractivity contribution in [2.45, 2.75) is 64.3 Å². The fourth-order valence-electron chi connectivity index (χ4n) is 4.26. The third kappa shape index (κ3) is 17.3. The molecule has 0 radical (unpaired) electrons. The third-order valence-electron chi connectivity index (χ3n) is 6.65. The Hall–Kier alpha value is -3.55. The minimum absolute atomic E-state index is 0.00402. The van der Waals surface area contributed by atoms with E-state index in [-0.39, 0.29) is 17.9 Å². The van der Waals surface area contributed by atoms with Crippen molar-refractivity contribution in [2.75, 3.05) is 39.4 Å². The minimum Gasteiger partial charge on any atom is -0.379 e. The van der Waals surface area contributed by atoms with Gasteiger partial charge in [-0.25, -0.2) is 0 Å². The van der Waals surface area contributed by atoms with Gasteiger partial charge in [0.2, 0.25) is 5.91 Å². The van der Waals surface area contributed by atoms with E-state index < -0.39 is 0 Å². The first kappa shape index (κ1) is 34.7. The lowest BCUT2D eigenvalue weighted by Gasteiger charge is -2.34. The average molecular weight is 575 g/mol. The van der Waals surface area contributed by atoms with E-state index in [1.54, 1.807) is 24.5 Å². The molecule has 1 unspecified atom stereocenters. The highest BCUT2D eigenvalue weighted by Gasteiger charge is 2.22. The van der Waals surface area contributed by atoms with E-state index in [4.69, 9.17) is 4.74 Å². The Balaban J connectivity index is 1.56. The minimum atomic E-state index is -0.162. The van der Waals surface area contributed by atoms with Crippen molar-refractivity contribution >= 4 is 11.8 Å². The van der Waals surface area contributed by atoms with E-state index >= 15 is 0 Å². The van der Waals surface area contributed by atoms with Crippen LogP contribution in [0.5, 0.6) is 0 Å². The molecule has 1 aromatic heterocycles. The van der Waals surface area contributed by atoms with Gasteiger partial charge in [-0.3, -0.25) is 19.5 Å². The Kier molecular flexibility index (Phi) is 19.9. The Morgan fingerprint density at radius 3 is 1.93 bits per heavy atom. The molecule has 1 aliphatic rings. The summed E-state index contributed by atoms with van der Waals surface area (Å²) in [6.07, 6.45) is 36.3. The van der Waals surface area contributed by atoms with E-state index in [1.165, 1.54) is 0 Å². The smallest absolute Gasteiger partial charge is 0.252 e. The van der Waals surface area contributed by atoms with Gasteiger partial charge in [0.1, 0.15) is 0 Å². The van der Waals surface area contributed by atoms with Gasteiger partial charge >= 0.3 is 0 Å². The number of amides is 2.